The van der Waals surface area contributed by atoms with Crippen molar-refractivity contribution in [2.75, 3.05) is 18.1 Å². The van der Waals surface area contributed by atoms with Crippen LogP contribution >= 0.6 is 0 Å². The molecular formula is C17H20N6O2S. The Bertz CT molecular complexity index is 995. The quantitative estimate of drug-likeness (QED) is 0.678. The Hall–Kier alpha value is -2.52. The molecule has 8 nitrogen and oxygen atoms in total. The van der Waals surface area contributed by atoms with Crippen LogP contribution in [0.2, 0.25) is 0 Å². The van der Waals surface area contributed by atoms with Crippen molar-refractivity contribution < 1.29 is 8.42 Å². The first-order valence-corrected chi connectivity index (χ1v) is 10.2. The predicted octanol–water partition coefficient (Wildman–Crippen LogP) is 0.972. The lowest BCUT2D eigenvalue weighted by Crippen LogP contribution is -2.42. The van der Waals surface area contributed by atoms with Gasteiger partial charge in [-0.25, -0.2) is 13.1 Å². The van der Waals surface area contributed by atoms with Crippen LogP contribution in [-0.2, 0) is 23.4 Å². The Balaban J connectivity index is 1.57. The Morgan fingerprint density at radius 3 is 2.73 bits per heavy atom. The molecule has 3 aromatic rings. The summed E-state index contributed by atoms with van der Waals surface area (Å²) in [5.74, 6) is 0.266. The average Bonchev–Trinajstić information content (AvgIpc) is 3.26. The van der Waals surface area contributed by atoms with E-state index >= 15 is 0 Å². The zero-order valence-corrected chi connectivity index (χ0v) is 15.2. The van der Waals surface area contributed by atoms with Crippen molar-refractivity contribution in [3.05, 3.63) is 60.2 Å². The number of hydrogen-bond acceptors (Lipinski definition) is 6. The minimum absolute atomic E-state index is 0.103. The molecule has 2 aromatic heterocycles. The Morgan fingerprint density at radius 1 is 1.19 bits per heavy atom. The molecule has 1 aromatic carbocycles. The maximum absolute atomic E-state index is 12.1. The summed E-state index contributed by atoms with van der Waals surface area (Å²) in [7, 11) is -1.22. The summed E-state index contributed by atoms with van der Waals surface area (Å²) < 4.78 is 27.7. The van der Waals surface area contributed by atoms with Crippen molar-refractivity contribution in [1.82, 2.24) is 29.7 Å². The third-order valence-corrected chi connectivity index (χ3v) is 6.21. The van der Waals surface area contributed by atoms with E-state index < -0.39 is 9.84 Å². The summed E-state index contributed by atoms with van der Waals surface area (Å²) in [6.07, 6.45) is 5.50. The van der Waals surface area contributed by atoms with Gasteiger partial charge in [-0.2, -0.15) is 5.10 Å². The van der Waals surface area contributed by atoms with Crippen LogP contribution < -0.4 is 0 Å². The van der Waals surface area contributed by atoms with E-state index in [2.05, 4.69) is 20.3 Å². The minimum Gasteiger partial charge on any atom is -0.288 e. The van der Waals surface area contributed by atoms with Crippen molar-refractivity contribution in [3.8, 4) is 5.69 Å². The van der Waals surface area contributed by atoms with Crippen molar-refractivity contribution in [2.24, 2.45) is 7.05 Å². The van der Waals surface area contributed by atoms with E-state index in [1.807, 2.05) is 49.8 Å². The number of benzene rings is 1. The molecular weight excluding hydrogens is 352 g/mol. The van der Waals surface area contributed by atoms with Gasteiger partial charge in [-0.05, 0) is 12.1 Å². The molecule has 0 spiro atoms. The molecule has 1 atom stereocenters. The largest absolute Gasteiger partial charge is 0.288 e. The van der Waals surface area contributed by atoms with Gasteiger partial charge in [-0.1, -0.05) is 23.4 Å². The normalized spacial score (nSPS) is 20.3. The van der Waals surface area contributed by atoms with Crippen LogP contribution in [0.15, 0.2) is 48.9 Å². The van der Waals surface area contributed by atoms with Gasteiger partial charge in [0, 0.05) is 31.9 Å². The maximum Gasteiger partial charge on any atom is 0.153 e. The second kappa shape index (κ2) is 6.65. The highest BCUT2D eigenvalue weighted by molar-refractivity contribution is 7.91. The third-order valence-electron chi connectivity index (χ3n) is 4.58. The predicted molar refractivity (Wildman–Crippen MR) is 96.4 cm³/mol. The van der Waals surface area contributed by atoms with Gasteiger partial charge in [-0.3, -0.25) is 9.58 Å². The van der Waals surface area contributed by atoms with E-state index in [4.69, 9.17) is 0 Å². The van der Waals surface area contributed by atoms with Crippen LogP contribution in [-0.4, -0.2) is 56.1 Å². The molecule has 1 fully saturated rings. The van der Waals surface area contributed by atoms with Crippen LogP contribution in [0, 0.1) is 0 Å². The van der Waals surface area contributed by atoms with Gasteiger partial charge in [0.1, 0.15) is 0 Å². The van der Waals surface area contributed by atoms with E-state index in [0.717, 1.165) is 16.9 Å². The maximum atomic E-state index is 12.1. The highest BCUT2D eigenvalue weighted by Gasteiger charge is 2.33. The Morgan fingerprint density at radius 2 is 2.00 bits per heavy atom. The Kier molecular flexibility index (Phi) is 4.33. The number of nitrogens with zero attached hydrogens (tertiary/aromatic N) is 6. The summed E-state index contributed by atoms with van der Waals surface area (Å²) in [6, 6.07) is 9.56. The molecule has 0 bridgehead atoms. The van der Waals surface area contributed by atoms with Gasteiger partial charge in [0.25, 0.3) is 0 Å². The lowest BCUT2D eigenvalue weighted by molar-refractivity contribution is 0.204. The molecule has 1 aliphatic heterocycles. The van der Waals surface area contributed by atoms with E-state index in [9.17, 15) is 8.42 Å². The summed E-state index contributed by atoms with van der Waals surface area (Å²) in [5.41, 5.74) is 2.66. The number of rotatable bonds is 4. The number of aromatic nitrogens is 5. The summed E-state index contributed by atoms with van der Waals surface area (Å²) in [6.45, 7) is 1.02. The van der Waals surface area contributed by atoms with Gasteiger partial charge in [0.15, 0.2) is 9.84 Å². The van der Waals surface area contributed by atoms with Gasteiger partial charge in [0.05, 0.1) is 41.3 Å². The van der Waals surface area contributed by atoms with Gasteiger partial charge in [-0.15, -0.1) is 5.10 Å². The van der Waals surface area contributed by atoms with Gasteiger partial charge < -0.3 is 0 Å². The molecule has 1 aliphatic rings. The van der Waals surface area contributed by atoms with Crippen molar-refractivity contribution >= 4 is 9.84 Å². The number of hydrogen-bond donors (Lipinski definition) is 0. The Labute approximate surface area is 152 Å². The molecule has 26 heavy (non-hydrogen) atoms. The third kappa shape index (κ3) is 3.54. The van der Waals surface area contributed by atoms with Crippen molar-refractivity contribution in [2.45, 2.75) is 12.6 Å². The zero-order chi connectivity index (χ0) is 18.1. The second-order valence-corrected chi connectivity index (χ2v) is 8.77. The molecule has 0 aliphatic carbocycles. The fourth-order valence-corrected chi connectivity index (χ4v) is 4.80. The summed E-state index contributed by atoms with van der Waals surface area (Å²) >= 11 is 0. The summed E-state index contributed by atoms with van der Waals surface area (Å²) in [5, 5.41) is 12.6. The zero-order valence-electron chi connectivity index (χ0n) is 14.4. The second-order valence-electron chi connectivity index (χ2n) is 6.54. The van der Waals surface area contributed by atoms with E-state index in [0.29, 0.717) is 13.1 Å². The highest BCUT2D eigenvalue weighted by Crippen LogP contribution is 2.27. The van der Waals surface area contributed by atoms with Crippen LogP contribution in [0.25, 0.3) is 5.69 Å². The van der Waals surface area contributed by atoms with E-state index in [1.165, 1.54) is 0 Å². The van der Waals surface area contributed by atoms with Crippen molar-refractivity contribution in [3.63, 3.8) is 0 Å². The molecule has 1 unspecified atom stereocenters. The molecule has 136 valence electrons. The van der Waals surface area contributed by atoms with Crippen LogP contribution in [0.4, 0.5) is 0 Å². The summed E-state index contributed by atoms with van der Waals surface area (Å²) in [4.78, 5) is 2.14. The standard InChI is InChI=1S/C17H20N6O2S/c1-21-10-14(9-18-21)17-13-26(24,25)8-7-22(17)11-15-12-23(20-19-15)16-5-3-2-4-6-16/h2-6,9-10,12,17H,7-8,11,13H2,1H3. The molecule has 3 heterocycles. The number of aryl methyl sites for hydroxylation is 1. The van der Waals surface area contributed by atoms with E-state index in [-0.39, 0.29) is 17.5 Å². The van der Waals surface area contributed by atoms with Crippen LogP contribution in [0.5, 0.6) is 0 Å². The molecule has 0 amide bonds. The van der Waals surface area contributed by atoms with Gasteiger partial charge >= 0.3 is 0 Å². The monoisotopic (exact) mass is 372 g/mol. The first-order valence-electron chi connectivity index (χ1n) is 8.40. The SMILES string of the molecule is Cn1cc(C2CS(=O)(=O)CCN2Cc2cn(-c3ccccc3)nn2)cn1. The molecule has 0 saturated carbocycles. The molecule has 1 saturated heterocycles. The molecule has 9 heteroatoms. The first kappa shape index (κ1) is 16.9. The molecule has 0 radical (unpaired) electrons. The topological polar surface area (TPSA) is 85.9 Å². The number of sulfone groups is 1. The highest BCUT2D eigenvalue weighted by atomic mass is 32.2. The van der Waals surface area contributed by atoms with Gasteiger partial charge in [0.2, 0.25) is 0 Å². The van der Waals surface area contributed by atoms with E-state index in [1.54, 1.807) is 15.6 Å². The lowest BCUT2D eigenvalue weighted by atomic mass is 10.1. The fraction of sp³-hybridized carbons (Fsp3) is 0.353. The molecule has 0 N–H and O–H groups in total. The first-order chi connectivity index (χ1) is 12.5. The van der Waals surface area contributed by atoms with Crippen LogP contribution in [0.1, 0.15) is 17.3 Å². The minimum atomic E-state index is -3.05. The smallest absolute Gasteiger partial charge is 0.153 e. The average molecular weight is 372 g/mol. The fourth-order valence-electron chi connectivity index (χ4n) is 3.24. The van der Waals surface area contributed by atoms with Crippen LogP contribution in [0.3, 0.4) is 0 Å². The number of para-hydroxylation sites is 1. The molecule has 4 rings (SSSR count). The lowest BCUT2D eigenvalue weighted by Gasteiger charge is -2.34. The van der Waals surface area contributed by atoms with Crippen molar-refractivity contribution in [1.29, 1.82) is 0 Å².